The first-order valence-corrected chi connectivity index (χ1v) is 7.68. The molecule has 2 bridgehead atoms. The van der Waals surface area contributed by atoms with E-state index in [1.807, 2.05) is 12.1 Å². The van der Waals surface area contributed by atoms with Crippen LogP contribution in [-0.4, -0.2) is 21.7 Å². The van der Waals surface area contributed by atoms with Gasteiger partial charge in [-0.25, -0.2) is 0 Å². The number of carbonyl (C=O) groups excluding carboxylic acids is 2. The number of aromatic nitrogens is 1. The SMILES string of the molecule is O=C1[C@@H]2[C@H]3C=C[C@@H]([C@@H]4C[C@H]34)[C@@H]2C(=O)N1Cc1cccnc1. The third-order valence-corrected chi connectivity index (χ3v) is 5.82. The Morgan fingerprint density at radius 1 is 1.10 bits per heavy atom. The molecule has 4 aliphatic carbocycles. The van der Waals surface area contributed by atoms with Gasteiger partial charge in [-0.3, -0.25) is 19.5 Å². The highest BCUT2D eigenvalue weighted by atomic mass is 16.2. The molecule has 106 valence electrons. The van der Waals surface area contributed by atoms with Crippen LogP contribution in [0, 0.1) is 35.5 Å². The molecular weight excluding hydrogens is 264 g/mol. The average molecular weight is 280 g/mol. The molecule has 0 radical (unpaired) electrons. The van der Waals surface area contributed by atoms with Crippen molar-refractivity contribution < 1.29 is 9.59 Å². The lowest BCUT2D eigenvalue weighted by Crippen LogP contribution is -2.40. The van der Waals surface area contributed by atoms with E-state index in [1.54, 1.807) is 12.4 Å². The molecule has 0 N–H and O–H groups in total. The van der Waals surface area contributed by atoms with E-state index >= 15 is 0 Å². The molecule has 0 spiro atoms. The van der Waals surface area contributed by atoms with Gasteiger partial charge in [-0.15, -0.1) is 0 Å². The number of hydrogen-bond donors (Lipinski definition) is 0. The average Bonchev–Trinajstić information content (AvgIpc) is 3.30. The highest BCUT2D eigenvalue weighted by Gasteiger charge is 2.66. The maximum Gasteiger partial charge on any atom is 0.234 e. The van der Waals surface area contributed by atoms with Crippen LogP contribution in [0.15, 0.2) is 36.7 Å². The predicted molar refractivity (Wildman–Crippen MR) is 74.5 cm³/mol. The highest BCUT2D eigenvalue weighted by molar-refractivity contribution is 6.06. The van der Waals surface area contributed by atoms with Gasteiger partial charge in [0.25, 0.3) is 0 Å². The standard InChI is InChI=1S/C17H16N2O2/c20-16-14-10-3-4-11(13-6-12(10)13)15(14)17(21)19(16)8-9-2-1-5-18-7-9/h1-5,7,10-15H,6,8H2/t10-,11-,12-,13+,14-,15+/m0/s1. The van der Waals surface area contributed by atoms with Gasteiger partial charge in [0.2, 0.25) is 11.8 Å². The van der Waals surface area contributed by atoms with Crippen LogP contribution < -0.4 is 0 Å². The minimum atomic E-state index is -0.0899. The molecule has 1 aliphatic heterocycles. The lowest BCUT2D eigenvalue weighted by Gasteiger charge is -2.37. The number of carbonyl (C=O) groups is 2. The maximum absolute atomic E-state index is 12.8. The largest absolute Gasteiger partial charge is 0.278 e. The van der Waals surface area contributed by atoms with Crippen LogP contribution in [0.1, 0.15) is 12.0 Å². The van der Waals surface area contributed by atoms with Crippen LogP contribution in [0.4, 0.5) is 0 Å². The van der Waals surface area contributed by atoms with Crippen molar-refractivity contribution in [1.29, 1.82) is 0 Å². The van der Waals surface area contributed by atoms with Crippen molar-refractivity contribution in [3.05, 3.63) is 42.2 Å². The second-order valence-electron chi connectivity index (χ2n) is 6.78. The Kier molecular flexibility index (Phi) is 2.12. The summed E-state index contributed by atoms with van der Waals surface area (Å²) in [5.41, 5.74) is 0.920. The van der Waals surface area contributed by atoms with Crippen molar-refractivity contribution in [3.63, 3.8) is 0 Å². The Morgan fingerprint density at radius 3 is 2.33 bits per heavy atom. The van der Waals surface area contributed by atoms with Gasteiger partial charge in [0.1, 0.15) is 0 Å². The molecule has 4 nitrogen and oxygen atoms in total. The van der Waals surface area contributed by atoms with Gasteiger partial charge < -0.3 is 0 Å². The second kappa shape index (κ2) is 3.81. The van der Waals surface area contributed by atoms with Gasteiger partial charge in [-0.1, -0.05) is 18.2 Å². The summed E-state index contributed by atoms with van der Waals surface area (Å²) in [6, 6.07) is 3.76. The number of likely N-dealkylation sites (tertiary alicyclic amines) is 1. The summed E-state index contributed by atoms with van der Waals surface area (Å²) in [5, 5.41) is 0. The molecular formula is C17H16N2O2. The molecule has 0 unspecified atom stereocenters. The molecule has 6 atom stereocenters. The molecule has 5 aliphatic rings. The Labute approximate surface area is 122 Å². The van der Waals surface area contributed by atoms with E-state index in [0.717, 1.165) is 5.56 Å². The Bertz CT molecular complexity index is 633. The summed E-state index contributed by atoms with van der Waals surface area (Å²) >= 11 is 0. The fourth-order valence-corrected chi connectivity index (χ4v) is 4.85. The summed E-state index contributed by atoms with van der Waals surface area (Å²) in [6.07, 6.45) is 9.05. The summed E-state index contributed by atoms with van der Waals surface area (Å²) in [6.45, 7) is 0.368. The van der Waals surface area contributed by atoms with E-state index in [4.69, 9.17) is 0 Å². The lowest BCUT2D eigenvalue weighted by molar-refractivity contribution is -0.140. The van der Waals surface area contributed by atoms with E-state index in [1.165, 1.54) is 11.3 Å². The zero-order valence-corrected chi connectivity index (χ0v) is 11.6. The van der Waals surface area contributed by atoms with Crippen molar-refractivity contribution >= 4 is 11.8 Å². The van der Waals surface area contributed by atoms with Crippen LogP contribution >= 0.6 is 0 Å². The quantitative estimate of drug-likeness (QED) is 0.611. The van der Waals surface area contributed by atoms with Crippen LogP contribution in [-0.2, 0) is 16.1 Å². The Morgan fingerprint density at radius 2 is 1.76 bits per heavy atom. The van der Waals surface area contributed by atoms with Crippen LogP contribution in [0.25, 0.3) is 0 Å². The maximum atomic E-state index is 12.8. The van der Waals surface area contributed by atoms with E-state index < -0.39 is 0 Å². The number of pyridine rings is 1. The van der Waals surface area contributed by atoms with Gasteiger partial charge in [0, 0.05) is 12.4 Å². The van der Waals surface area contributed by atoms with Crippen LogP contribution in [0.3, 0.4) is 0 Å². The molecule has 1 aromatic rings. The lowest BCUT2D eigenvalue weighted by atomic mass is 9.63. The van der Waals surface area contributed by atoms with Gasteiger partial charge in [-0.05, 0) is 41.7 Å². The predicted octanol–water partition coefficient (Wildman–Crippen LogP) is 1.63. The molecule has 2 saturated carbocycles. The zero-order valence-electron chi connectivity index (χ0n) is 11.6. The van der Waals surface area contributed by atoms with Gasteiger partial charge in [0.05, 0.1) is 18.4 Å². The van der Waals surface area contributed by atoms with Crippen molar-refractivity contribution in [2.75, 3.05) is 0 Å². The number of amides is 2. The van der Waals surface area contributed by atoms with Crippen molar-refractivity contribution in [1.82, 2.24) is 9.88 Å². The third-order valence-electron chi connectivity index (χ3n) is 5.82. The summed E-state index contributed by atoms with van der Waals surface area (Å²) in [7, 11) is 0. The monoisotopic (exact) mass is 280 g/mol. The van der Waals surface area contributed by atoms with Gasteiger partial charge in [0.15, 0.2) is 0 Å². The number of nitrogens with zero attached hydrogens (tertiary/aromatic N) is 2. The van der Waals surface area contributed by atoms with Gasteiger partial charge in [-0.2, -0.15) is 0 Å². The molecule has 3 fully saturated rings. The van der Waals surface area contributed by atoms with Gasteiger partial charge >= 0.3 is 0 Å². The summed E-state index contributed by atoms with van der Waals surface area (Å²) in [5.74, 6) is 1.84. The highest BCUT2D eigenvalue weighted by Crippen LogP contribution is 2.65. The Hall–Kier alpha value is -1.97. The Balaban J connectivity index is 1.49. The van der Waals surface area contributed by atoms with E-state index in [2.05, 4.69) is 17.1 Å². The first-order valence-electron chi connectivity index (χ1n) is 7.68. The molecule has 1 saturated heterocycles. The number of allylic oxidation sites excluding steroid dienone is 2. The minimum Gasteiger partial charge on any atom is -0.278 e. The first-order chi connectivity index (χ1) is 10.3. The van der Waals surface area contributed by atoms with Crippen molar-refractivity contribution in [2.45, 2.75) is 13.0 Å². The topological polar surface area (TPSA) is 50.3 Å². The molecule has 21 heavy (non-hydrogen) atoms. The zero-order chi connectivity index (χ0) is 14.1. The number of imide groups is 1. The molecule has 1 aromatic heterocycles. The fourth-order valence-electron chi connectivity index (χ4n) is 4.85. The van der Waals surface area contributed by atoms with E-state index in [-0.39, 0.29) is 23.7 Å². The number of rotatable bonds is 2. The molecule has 2 amide bonds. The molecule has 6 rings (SSSR count). The smallest absolute Gasteiger partial charge is 0.234 e. The van der Waals surface area contributed by atoms with E-state index in [0.29, 0.717) is 30.2 Å². The van der Waals surface area contributed by atoms with Crippen molar-refractivity contribution in [3.8, 4) is 0 Å². The molecule has 0 aromatic carbocycles. The van der Waals surface area contributed by atoms with Crippen molar-refractivity contribution in [2.24, 2.45) is 35.5 Å². The summed E-state index contributed by atoms with van der Waals surface area (Å²) in [4.78, 5) is 31.1. The number of hydrogen-bond acceptors (Lipinski definition) is 3. The van der Waals surface area contributed by atoms with Crippen LogP contribution in [0.5, 0.6) is 0 Å². The minimum absolute atomic E-state index is 0.0403. The fraction of sp³-hybridized carbons (Fsp3) is 0.471. The molecule has 2 heterocycles. The second-order valence-corrected chi connectivity index (χ2v) is 6.78. The first kappa shape index (κ1) is 11.7. The van der Waals surface area contributed by atoms with Crippen LogP contribution in [0.2, 0.25) is 0 Å². The molecule has 4 heteroatoms. The van der Waals surface area contributed by atoms with E-state index in [9.17, 15) is 9.59 Å². The normalized spacial score (nSPS) is 42.2. The third kappa shape index (κ3) is 1.42. The summed E-state index contributed by atoms with van der Waals surface area (Å²) < 4.78 is 0.